The summed E-state index contributed by atoms with van der Waals surface area (Å²) in [6.45, 7) is 1.82. The smallest absolute Gasteiger partial charge is 0.319 e. The lowest BCUT2D eigenvalue weighted by Gasteiger charge is -2.27. The Morgan fingerprint density at radius 1 is 1.54 bits per heavy atom. The lowest BCUT2D eigenvalue weighted by Crippen LogP contribution is -2.32. The molecule has 0 spiro atoms. The van der Waals surface area contributed by atoms with Crippen LogP contribution in [0.15, 0.2) is 0 Å². The van der Waals surface area contributed by atoms with Gasteiger partial charge >= 0.3 is 5.97 Å². The van der Waals surface area contributed by atoms with Crippen molar-refractivity contribution in [3.63, 3.8) is 0 Å². The fourth-order valence-electron chi connectivity index (χ4n) is 2.58. The highest BCUT2D eigenvalue weighted by atomic mass is 79.9. The van der Waals surface area contributed by atoms with Gasteiger partial charge < -0.3 is 4.74 Å². The molecule has 13 heavy (non-hydrogen) atoms. The van der Waals surface area contributed by atoms with Crippen LogP contribution in [0, 0.1) is 5.92 Å². The van der Waals surface area contributed by atoms with Gasteiger partial charge in [-0.05, 0) is 44.9 Å². The summed E-state index contributed by atoms with van der Waals surface area (Å²) in [6.07, 6.45) is 5.79. The number of hydrogen-bond acceptors (Lipinski definition) is 2. The molecule has 2 nitrogen and oxygen atoms in total. The summed E-state index contributed by atoms with van der Waals surface area (Å²) < 4.78 is 5.57. The first kappa shape index (κ1) is 9.50. The quantitative estimate of drug-likeness (QED) is 0.554. The average molecular weight is 247 g/mol. The predicted molar refractivity (Wildman–Crippen MR) is 53.8 cm³/mol. The number of rotatable bonds is 2. The maximum absolute atomic E-state index is 11.4. The summed E-state index contributed by atoms with van der Waals surface area (Å²) in [6, 6.07) is 0. The SMILES string of the molecule is CC(Br)C(=O)OC12CCC(CC1)C2. The topological polar surface area (TPSA) is 26.3 Å². The van der Waals surface area contributed by atoms with Gasteiger partial charge in [-0.25, -0.2) is 0 Å². The van der Waals surface area contributed by atoms with Gasteiger partial charge in [0.05, 0.1) is 0 Å². The van der Waals surface area contributed by atoms with Crippen LogP contribution in [0.25, 0.3) is 0 Å². The van der Waals surface area contributed by atoms with Crippen LogP contribution < -0.4 is 0 Å². The average Bonchev–Trinajstić information content (AvgIpc) is 2.62. The van der Waals surface area contributed by atoms with Gasteiger partial charge in [0.1, 0.15) is 10.4 Å². The fourth-order valence-corrected chi connectivity index (χ4v) is 2.67. The maximum atomic E-state index is 11.4. The Balaban J connectivity index is 1.97. The van der Waals surface area contributed by atoms with E-state index >= 15 is 0 Å². The zero-order valence-corrected chi connectivity index (χ0v) is 9.47. The zero-order chi connectivity index (χ0) is 9.47. The molecule has 1 atom stereocenters. The second-order valence-electron chi connectivity index (χ2n) is 4.37. The minimum Gasteiger partial charge on any atom is -0.458 e. The van der Waals surface area contributed by atoms with Gasteiger partial charge in [-0.15, -0.1) is 0 Å². The van der Waals surface area contributed by atoms with Crippen LogP contribution in [-0.4, -0.2) is 16.4 Å². The van der Waals surface area contributed by atoms with Gasteiger partial charge in [-0.2, -0.15) is 0 Å². The van der Waals surface area contributed by atoms with Crippen molar-refractivity contribution in [1.82, 2.24) is 0 Å². The van der Waals surface area contributed by atoms with E-state index in [1.54, 1.807) is 0 Å². The lowest BCUT2D eigenvalue weighted by atomic mass is 9.97. The van der Waals surface area contributed by atoms with E-state index < -0.39 is 0 Å². The van der Waals surface area contributed by atoms with Crippen molar-refractivity contribution >= 4 is 21.9 Å². The highest BCUT2D eigenvalue weighted by Gasteiger charge is 2.48. The highest BCUT2D eigenvalue weighted by molar-refractivity contribution is 9.10. The number of fused-ring (bicyclic) bond motifs is 2. The summed E-state index contributed by atoms with van der Waals surface area (Å²) in [7, 11) is 0. The molecular formula is C10H15BrO2. The molecule has 1 unspecified atom stereocenters. The molecule has 2 bridgehead atoms. The third-order valence-electron chi connectivity index (χ3n) is 3.32. The normalized spacial score (nSPS) is 39.1. The molecule has 0 N–H and O–H groups in total. The molecule has 0 aromatic heterocycles. The molecule has 0 aromatic carbocycles. The van der Waals surface area contributed by atoms with E-state index in [-0.39, 0.29) is 16.4 Å². The summed E-state index contributed by atoms with van der Waals surface area (Å²) in [5, 5.41) is 0. The van der Waals surface area contributed by atoms with E-state index in [9.17, 15) is 4.79 Å². The Morgan fingerprint density at radius 2 is 2.15 bits per heavy atom. The van der Waals surface area contributed by atoms with Gasteiger partial charge in [0.2, 0.25) is 0 Å². The molecular weight excluding hydrogens is 232 g/mol. The van der Waals surface area contributed by atoms with Crippen LogP contribution in [-0.2, 0) is 9.53 Å². The predicted octanol–water partition coefficient (Wildman–Crippen LogP) is 2.65. The van der Waals surface area contributed by atoms with E-state index in [0.717, 1.165) is 25.2 Å². The van der Waals surface area contributed by atoms with Gasteiger partial charge in [0, 0.05) is 0 Å². The molecule has 0 heterocycles. The number of carbonyl (C=O) groups excluding carboxylic acids is 1. The minimum absolute atomic E-state index is 0.0657. The summed E-state index contributed by atoms with van der Waals surface area (Å²) in [5.41, 5.74) is -0.0657. The number of esters is 1. The summed E-state index contributed by atoms with van der Waals surface area (Å²) in [4.78, 5) is 11.2. The molecule has 3 heteroatoms. The molecule has 0 saturated heterocycles. The van der Waals surface area contributed by atoms with E-state index in [4.69, 9.17) is 4.74 Å². The second-order valence-corrected chi connectivity index (χ2v) is 5.74. The summed E-state index contributed by atoms with van der Waals surface area (Å²) in [5.74, 6) is 0.737. The monoisotopic (exact) mass is 246 g/mol. The van der Waals surface area contributed by atoms with Crippen molar-refractivity contribution in [3.05, 3.63) is 0 Å². The standard InChI is InChI=1S/C10H15BrO2/c1-7(11)9(12)13-10-4-2-8(6-10)3-5-10/h7-8H,2-6H2,1H3. The molecule has 2 rings (SSSR count). The molecule has 2 saturated carbocycles. The first-order valence-corrected chi connectivity index (χ1v) is 5.90. The Bertz CT molecular complexity index is 217. The summed E-state index contributed by atoms with van der Waals surface area (Å²) >= 11 is 3.24. The number of halogens is 1. The van der Waals surface area contributed by atoms with Gasteiger partial charge in [0.15, 0.2) is 0 Å². The van der Waals surface area contributed by atoms with Crippen LogP contribution in [0.3, 0.4) is 0 Å². The van der Waals surface area contributed by atoms with Crippen molar-refractivity contribution < 1.29 is 9.53 Å². The van der Waals surface area contributed by atoms with Gasteiger partial charge in [0.25, 0.3) is 0 Å². The highest BCUT2D eigenvalue weighted by Crippen LogP contribution is 2.50. The number of ether oxygens (including phenoxy) is 1. The first-order chi connectivity index (χ1) is 6.11. The van der Waals surface area contributed by atoms with Crippen molar-refractivity contribution in [2.75, 3.05) is 0 Å². The molecule has 0 amide bonds. The third kappa shape index (κ3) is 1.76. The van der Waals surface area contributed by atoms with Crippen molar-refractivity contribution in [2.24, 2.45) is 5.92 Å². The first-order valence-electron chi connectivity index (χ1n) is 4.98. The number of hydrogen-bond donors (Lipinski definition) is 0. The Kier molecular flexibility index (Phi) is 2.39. The molecule has 0 radical (unpaired) electrons. The van der Waals surface area contributed by atoms with E-state index in [1.807, 2.05) is 6.92 Å². The largest absolute Gasteiger partial charge is 0.458 e. The van der Waals surface area contributed by atoms with Crippen LogP contribution in [0.5, 0.6) is 0 Å². The van der Waals surface area contributed by atoms with E-state index in [2.05, 4.69) is 15.9 Å². The molecule has 2 fully saturated rings. The van der Waals surface area contributed by atoms with Crippen LogP contribution in [0.2, 0.25) is 0 Å². The molecule has 74 valence electrons. The van der Waals surface area contributed by atoms with Crippen LogP contribution in [0.4, 0.5) is 0 Å². The zero-order valence-electron chi connectivity index (χ0n) is 7.88. The lowest BCUT2D eigenvalue weighted by molar-refractivity contribution is -0.157. The van der Waals surface area contributed by atoms with Gasteiger partial charge in [-0.1, -0.05) is 15.9 Å². The Morgan fingerprint density at radius 3 is 2.54 bits per heavy atom. The van der Waals surface area contributed by atoms with Crippen LogP contribution in [0.1, 0.15) is 39.0 Å². The van der Waals surface area contributed by atoms with Crippen molar-refractivity contribution in [2.45, 2.75) is 49.5 Å². The minimum atomic E-state index is -0.165. The Labute approximate surface area is 87.2 Å². The molecule has 0 aliphatic heterocycles. The molecule has 0 aromatic rings. The Hall–Kier alpha value is -0.0500. The van der Waals surface area contributed by atoms with E-state index in [1.165, 1.54) is 12.8 Å². The second kappa shape index (κ2) is 3.26. The van der Waals surface area contributed by atoms with Crippen LogP contribution >= 0.6 is 15.9 Å². The van der Waals surface area contributed by atoms with Gasteiger partial charge in [-0.3, -0.25) is 4.79 Å². The van der Waals surface area contributed by atoms with Crippen molar-refractivity contribution in [3.8, 4) is 0 Å². The van der Waals surface area contributed by atoms with Crippen molar-refractivity contribution in [1.29, 1.82) is 0 Å². The maximum Gasteiger partial charge on any atom is 0.319 e. The third-order valence-corrected chi connectivity index (χ3v) is 3.69. The fraction of sp³-hybridized carbons (Fsp3) is 0.900. The number of carbonyl (C=O) groups is 1. The molecule has 2 aliphatic rings. The number of alkyl halides is 1. The van der Waals surface area contributed by atoms with E-state index in [0.29, 0.717) is 0 Å². The molecule has 2 aliphatic carbocycles.